The van der Waals surface area contributed by atoms with Gasteiger partial charge in [0, 0.05) is 6.92 Å². The summed E-state index contributed by atoms with van der Waals surface area (Å²) in [5, 5.41) is -2.58. The highest BCUT2D eigenvalue weighted by atomic mass is 32.2. The van der Waals surface area contributed by atoms with Crippen LogP contribution in [0.2, 0.25) is 0 Å². The van der Waals surface area contributed by atoms with E-state index in [1.807, 2.05) is 18.2 Å². The van der Waals surface area contributed by atoms with E-state index in [1.54, 1.807) is 0 Å². The molecule has 0 radical (unpaired) electrons. The van der Waals surface area contributed by atoms with E-state index in [4.69, 9.17) is 0 Å². The van der Waals surface area contributed by atoms with E-state index >= 15 is 0 Å². The molecule has 0 heterocycles. The van der Waals surface area contributed by atoms with Crippen molar-refractivity contribution in [3.05, 3.63) is 35.9 Å². The zero-order valence-corrected chi connectivity index (χ0v) is 9.70. The highest BCUT2D eigenvalue weighted by molar-refractivity contribution is 8.00. The molecule has 0 aliphatic heterocycles. The summed E-state index contributed by atoms with van der Waals surface area (Å²) in [4.78, 5) is 0. The Labute approximate surface area is 94.1 Å². The van der Waals surface area contributed by atoms with Gasteiger partial charge in [-0.1, -0.05) is 42.1 Å². The molecule has 0 N–H and O–H groups in total. The van der Waals surface area contributed by atoms with Gasteiger partial charge in [0.2, 0.25) is 0 Å². The van der Waals surface area contributed by atoms with Crippen molar-refractivity contribution in [1.82, 2.24) is 0 Å². The van der Waals surface area contributed by atoms with Gasteiger partial charge < -0.3 is 0 Å². The first-order valence-corrected chi connectivity index (χ1v) is 6.12. The van der Waals surface area contributed by atoms with Gasteiger partial charge in [-0.3, -0.25) is 0 Å². The van der Waals surface area contributed by atoms with Crippen LogP contribution in [0.3, 0.4) is 0 Å². The second-order valence-electron chi connectivity index (χ2n) is 3.60. The van der Waals surface area contributed by atoms with Crippen molar-refractivity contribution in [1.29, 1.82) is 0 Å². The Hall–Kier alpha value is -0.570. The fourth-order valence-electron chi connectivity index (χ4n) is 1.33. The Morgan fingerprint density at radius 2 is 1.80 bits per heavy atom. The summed E-state index contributed by atoms with van der Waals surface area (Å²) in [7, 11) is 0. The first-order chi connectivity index (χ1) is 7.08. The van der Waals surface area contributed by atoms with Crippen LogP contribution in [0, 0.1) is 0 Å². The molecule has 84 valence electrons. The van der Waals surface area contributed by atoms with Crippen molar-refractivity contribution >= 4 is 11.8 Å². The smallest absolute Gasteiger partial charge is 0.195 e. The predicted molar refractivity (Wildman–Crippen MR) is 62.5 cm³/mol. The third-order valence-corrected chi connectivity index (χ3v) is 3.06. The molecule has 0 aliphatic rings. The van der Waals surface area contributed by atoms with Crippen LogP contribution >= 0.6 is 11.8 Å². The molecule has 0 aromatic heterocycles. The van der Waals surface area contributed by atoms with Crippen molar-refractivity contribution < 1.29 is 8.78 Å². The predicted octanol–water partition coefficient (Wildman–Crippen LogP) is 4.36. The monoisotopic (exact) mass is 230 g/mol. The summed E-state index contributed by atoms with van der Waals surface area (Å²) in [5.74, 6) is 0.538. The van der Waals surface area contributed by atoms with E-state index in [-0.39, 0.29) is 0 Å². The molecule has 1 aromatic carbocycles. The van der Waals surface area contributed by atoms with Gasteiger partial charge in [0.15, 0.2) is 0 Å². The number of aryl methyl sites for hydroxylation is 1. The van der Waals surface area contributed by atoms with E-state index in [1.165, 1.54) is 5.56 Å². The number of hydrogen-bond acceptors (Lipinski definition) is 1. The minimum absolute atomic E-state index is 0.538. The molecule has 0 bridgehead atoms. The molecule has 0 unspecified atom stereocenters. The maximum atomic E-state index is 12.4. The van der Waals surface area contributed by atoms with Crippen molar-refractivity contribution in [2.45, 2.75) is 31.4 Å². The van der Waals surface area contributed by atoms with Crippen LogP contribution in [0.1, 0.15) is 25.3 Å². The summed E-state index contributed by atoms with van der Waals surface area (Å²) in [6, 6.07) is 10.1. The third kappa shape index (κ3) is 6.50. The van der Waals surface area contributed by atoms with Crippen LogP contribution in [0.15, 0.2) is 30.3 Å². The first kappa shape index (κ1) is 12.5. The Morgan fingerprint density at radius 1 is 1.13 bits per heavy atom. The van der Waals surface area contributed by atoms with Gasteiger partial charge in [-0.05, 0) is 30.6 Å². The van der Waals surface area contributed by atoms with Crippen molar-refractivity contribution in [2.24, 2.45) is 0 Å². The van der Waals surface area contributed by atoms with Crippen LogP contribution in [-0.4, -0.2) is 11.0 Å². The van der Waals surface area contributed by atoms with Crippen LogP contribution in [0.5, 0.6) is 0 Å². The van der Waals surface area contributed by atoms with Gasteiger partial charge in [-0.25, -0.2) is 0 Å². The van der Waals surface area contributed by atoms with Crippen LogP contribution < -0.4 is 0 Å². The highest BCUT2D eigenvalue weighted by Gasteiger charge is 2.20. The molecule has 0 fully saturated rings. The maximum Gasteiger partial charge on any atom is 0.291 e. The van der Waals surface area contributed by atoms with Gasteiger partial charge in [0.1, 0.15) is 0 Å². The third-order valence-electron chi connectivity index (χ3n) is 2.06. The summed E-state index contributed by atoms with van der Waals surface area (Å²) >= 11 is 0.735. The minimum atomic E-state index is -2.58. The summed E-state index contributed by atoms with van der Waals surface area (Å²) in [5.41, 5.74) is 1.28. The summed E-state index contributed by atoms with van der Waals surface area (Å²) in [6.45, 7) is 0.953. The average Bonchev–Trinajstić information content (AvgIpc) is 2.17. The number of rotatable bonds is 6. The lowest BCUT2D eigenvalue weighted by Gasteiger charge is -2.08. The van der Waals surface area contributed by atoms with E-state index in [2.05, 4.69) is 12.1 Å². The van der Waals surface area contributed by atoms with Crippen molar-refractivity contribution in [3.63, 3.8) is 0 Å². The molecule has 0 nitrogen and oxygen atoms in total. The largest absolute Gasteiger partial charge is 0.291 e. The van der Waals surface area contributed by atoms with Gasteiger partial charge in [-0.15, -0.1) is 0 Å². The number of hydrogen-bond donors (Lipinski definition) is 0. The van der Waals surface area contributed by atoms with Crippen LogP contribution in [0.25, 0.3) is 0 Å². The van der Waals surface area contributed by atoms with Gasteiger partial charge in [0.05, 0.1) is 0 Å². The lowest BCUT2D eigenvalue weighted by atomic mass is 10.1. The lowest BCUT2D eigenvalue weighted by molar-refractivity contribution is 0.129. The molecular weight excluding hydrogens is 214 g/mol. The quantitative estimate of drug-likeness (QED) is 0.654. The van der Waals surface area contributed by atoms with Crippen LogP contribution in [0.4, 0.5) is 8.78 Å². The number of thioether (sulfide) groups is 1. The second-order valence-corrected chi connectivity index (χ2v) is 5.01. The number of benzene rings is 1. The standard InChI is InChI=1S/C12H16F2S/c1-12(13,14)15-10-6-5-9-11-7-3-2-4-8-11/h2-4,7-8H,5-6,9-10H2,1H3. The van der Waals surface area contributed by atoms with Gasteiger partial charge in [-0.2, -0.15) is 8.78 Å². The normalized spacial score (nSPS) is 11.7. The fourth-order valence-corrected chi connectivity index (χ4v) is 2.03. The fraction of sp³-hybridized carbons (Fsp3) is 0.500. The van der Waals surface area contributed by atoms with Crippen molar-refractivity contribution in [3.8, 4) is 0 Å². The molecule has 0 amide bonds. The lowest BCUT2D eigenvalue weighted by Crippen LogP contribution is -2.03. The topological polar surface area (TPSA) is 0 Å². The molecule has 15 heavy (non-hydrogen) atoms. The van der Waals surface area contributed by atoms with Gasteiger partial charge >= 0.3 is 0 Å². The van der Waals surface area contributed by atoms with E-state index in [0.29, 0.717) is 5.75 Å². The molecule has 1 aromatic rings. The second kappa shape index (κ2) is 6.11. The maximum absolute atomic E-state index is 12.4. The van der Waals surface area contributed by atoms with E-state index < -0.39 is 5.25 Å². The Balaban J connectivity index is 2.08. The SMILES string of the molecule is CC(F)(F)SCCCCc1ccccc1. The molecular formula is C12H16F2S. The number of halogens is 2. The molecule has 0 atom stereocenters. The Kier molecular flexibility index (Phi) is 5.09. The van der Waals surface area contributed by atoms with E-state index in [9.17, 15) is 8.78 Å². The first-order valence-electron chi connectivity index (χ1n) is 5.14. The number of alkyl halides is 2. The Morgan fingerprint density at radius 3 is 2.40 bits per heavy atom. The zero-order chi connectivity index (χ0) is 11.1. The summed E-state index contributed by atoms with van der Waals surface area (Å²) < 4.78 is 24.9. The van der Waals surface area contributed by atoms with Crippen molar-refractivity contribution in [2.75, 3.05) is 5.75 Å². The van der Waals surface area contributed by atoms with Crippen LogP contribution in [-0.2, 0) is 6.42 Å². The average molecular weight is 230 g/mol. The highest BCUT2D eigenvalue weighted by Crippen LogP contribution is 2.28. The molecule has 1 rings (SSSR count). The zero-order valence-electron chi connectivity index (χ0n) is 8.88. The van der Waals surface area contributed by atoms with Gasteiger partial charge in [0.25, 0.3) is 5.25 Å². The summed E-state index contributed by atoms with van der Waals surface area (Å²) in [6.07, 6.45) is 2.81. The Bertz CT molecular complexity index is 267. The molecule has 0 spiro atoms. The molecule has 0 aliphatic carbocycles. The minimum Gasteiger partial charge on any atom is -0.195 e. The molecule has 0 saturated heterocycles. The van der Waals surface area contributed by atoms with E-state index in [0.717, 1.165) is 37.9 Å². The molecule has 0 saturated carbocycles. The number of unbranched alkanes of at least 4 members (excludes halogenated alkanes) is 1. The molecule has 3 heteroatoms.